The summed E-state index contributed by atoms with van der Waals surface area (Å²) in [6.07, 6.45) is 6.09. The molecule has 10 heteroatoms. The van der Waals surface area contributed by atoms with Crippen molar-refractivity contribution in [3.63, 3.8) is 0 Å². The van der Waals surface area contributed by atoms with E-state index in [1.807, 2.05) is 18.2 Å². The molecule has 3 aromatic rings. The Bertz CT molecular complexity index is 891. The van der Waals surface area contributed by atoms with Gasteiger partial charge < -0.3 is 9.88 Å². The number of hydrogen-bond donors (Lipinski definition) is 2. The van der Waals surface area contributed by atoms with E-state index in [2.05, 4.69) is 40.6 Å². The molecule has 0 spiro atoms. The monoisotopic (exact) mass is 370 g/mol. The number of carbonyl (C=O) groups excluding carboxylic acids is 1. The number of hydrogen-bond acceptors (Lipinski definition) is 7. The van der Waals surface area contributed by atoms with Gasteiger partial charge in [-0.1, -0.05) is 23.8 Å². The molecule has 2 amide bonds. The van der Waals surface area contributed by atoms with Crippen LogP contribution in [0.5, 0.6) is 0 Å². The van der Waals surface area contributed by atoms with Crippen LogP contribution in [0.4, 0.5) is 9.93 Å². The van der Waals surface area contributed by atoms with E-state index >= 15 is 0 Å². The lowest BCUT2D eigenvalue weighted by molar-refractivity contribution is 0.251. The highest BCUT2D eigenvalue weighted by Gasteiger charge is 2.16. The van der Waals surface area contributed by atoms with Crippen LogP contribution in [0, 0.1) is 0 Å². The van der Waals surface area contributed by atoms with Crippen LogP contribution in [0.15, 0.2) is 24.4 Å². The molecule has 0 radical (unpaired) electrons. The molecule has 0 aromatic carbocycles. The van der Waals surface area contributed by atoms with Gasteiger partial charge in [-0.25, -0.2) is 4.79 Å². The lowest BCUT2D eigenvalue weighted by Gasteiger charge is -2.08. The number of aromatic nitrogens is 6. The summed E-state index contributed by atoms with van der Waals surface area (Å²) in [5.74, 6) is 1.78. The molecule has 3 aromatic heterocycles. The van der Waals surface area contributed by atoms with Gasteiger partial charge in [-0.05, 0) is 25.0 Å². The third-order valence-electron chi connectivity index (χ3n) is 4.12. The van der Waals surface area contributed by atoms with Gasteiger partial charge in [0.2, 0.25) is 5.13 Å². The third-order valence-corrected chi connectivity index (χ3v) is 4.98. The lowest BCUT2D eigenvalue weighted by atomic mass is 10.2. The highest BCUT2D eigenvalue weighted by atomic mass is 32.1. The Balaban J connectivity index is 1.35. The molecular weight excluding hydrogens is 352 g/mol. The van der Waals surface area contributed by atoms with E-state index in [0.717, 1.165) is 43.1 Å². The fourth-order valence-electron chi connectivity index (χ4n) is 2.84. The van der Waals surface area contributed by atoms with Crippen LogP contribution in [0.3, 0.4) is 0 Å². The van der Waals surface area contributed by atoms with E-state index in [9.17, 15) is 4.79 Å². The molecule has 0 bridgehead atoms. The zero-order valence-corrected chi connectivity index (χ0v) is 14.9. The summed E-state index contributed by atoms with van der Waals surface area (Å²) in [4.78, 5) is 16.4. The molecule has 0 fully saturated rings. The van der Waals surface area contributed by atoms with Gasteiger partial charge in [0.25, 0.3) is 0 Å². The molecule has 1 aliphatic heterocycles. The molecule has 4 heterocycles. The van der Waals surface area contributed by atoms with Crippen molar-refractivity contribution >= 4 is 22.5 Å². The summed E-state index contributed by atoms with van der Waals surface area (Å²) in [6, 6.07) is 5.22. The Morgan fingerprint density at radius 2 is 2.12 bits per heavy atom. The van der Waals surface area contributed by atoms with Crippen LogP contribution in [0.25, 0.3) is 10.7 Å². The number of aryl methyl sites for hydroxylation is 1. The van der Waals surface area contributed by atoms with Crippen LogP contribution in [-0.2, 0) is 19.5 Å². The van der Waals surface area contributed by atoms with Crippen LogP contribution >= 0.6 is 11.3 Å². The van der Waals surface area contributed by atoms with E-state index in [0.29, 0.717) is 16.7 Å². The van der Waals surface area contributed by atoms with Crippen LogP contribution in [0.1, 0.15) is 30.9 Å². The average Bonchev–Trinajstić information content (AvgIpc) is 3.21. The fourth-order valence-corrected chi connectivity index (χ4v) is 3.56. The molecule has 134 valence electrons. The Morgan fingerprint density at radius 1 is 1.15 bits per heavy atom. The van der Waals surface area contributed by atoms with Crippen molar-refractivity contribution in [2.45, 2.75) is 38.8 Å². The number of carbonyl (C=O) groups is 1. The van der Waals surface area contributed by atoms with E-state index in [-0.39, 0.29) is 6.03 Å². The number of nitrogens with one attached hydrogen (secondary N) is 2. The predicted molar refractivity (Wildman–Crippen MR) is 96.6 cm³/mol. The smallest absolute Gasteiger partial charge is 0.321 e. The van der Waals surface area contributed by atoms with Crippen LogP contribution in [-0.4, -0.2) is 36.0 Å². The van der Waals surface area contributed by atoms with Crippen molar-refractivity contribution in [2.24, 2.45) is 0 Å². The summed E-state index contributed by atoms with van der Waals surface area (Å²) in [7, 11) is 0. The van der Waals surface area contributed by atoms with E-state index in [4.69, 9.17) is 0 Å². The third kappa shape index (κ3) is 3.69. The Labute approximate surface area is 153 Å². The topological polar surface area (TPSA) is 111 Å². The maximum absolute atomic E-state index is 12.1. The minimum atomic E-state index is -0.348. The number of pyridine rings is 1. The van der Waals surface area contributed by atoms with Gasteiger partial charge in [-0.3, -0.25) is 10.3 Å². The van der Waals surface area contributed by atoms with Gasteiger partial charge in [0.15, 0.2) is 10.8 Å². The molecule has 0 unspecified atom stereocenters. The molecule has 2 N–H and O–H groups in total. The Hall–Kier alpha value is -2.88. The Kier molecular flexibility index (Phi) is 4.82. The highest BCUT2D eigenvalue weighted by Crippen LogP contribution is 2.24. The number of rotatable bonds is 4. The molecule has 0 atom stereocenters. The van der Waals surface area contributed by atoms with Gasteiger partial charge in [0, 0.05) is 19.2 Å². The number of fused-ring (bicyclic) bond motifs is 1. The zero-order chi connectivity index (χ0) is 17.8. The summed E-state index contributed by atoms with van der Waals surface area (Å²) < 4.78 is 2.11. The summed E-state index contributed by atoms with van der Waals surface area (Å²) >= 11 is 1.27. The van der Waals surface area contributed by atoms with Crippen molar-refractivity contribution in [3.8, 4) is 10.7 Å². The SMILES string of the molecule is O=C(NCc1nnc2n1CCCCC2)Nc1nnc(-c2ccccn2)s1. The number of amides is 2. The number of nitrogens with zero attached hydrogens (tertiary/aromatic N) is 6. The van der Waals surface area contributed by atoms with Gasteiger partial charge in [0.1, 0.15) is 11.5 Å². The van der Waals surface area contributed by atoms with E-state index in [1.165, 1.54) is 17.8 Å². The predicted octanol–water partition coefficient (Wildman–Crippen LogP) is 2.24. The van der Waals surface area contributed by atoms with E-state index < -0.39 is 0 Å². The van der Waals surface area contributed by atoms with Crippen molar-refractivity contribution in [3.05, 3.63) is 36.0 Å². The second-order valence-electron chi connectivity index (χ2n) is 5.93. The standard InChI is InChI=1S/C16H18N8OS/c25-15(18-10-13-21-20-12-7-2-1-5-9-24(12)13)19-16-23-22-14(26-16)11-6-3-4-8-17-11/h3-4,6,8H,1-2,5,7,9-10H2,(H2,18,19,23,25). The first-order chi connectivity index (χ1) is 12.8. The Morgan fingerprint density at radius 3 is 3.00 bits per heavy atom. The van der Waals surface area contributed by atoms with Gasteiger partial charge >= 0.3 is 6.03 Å². The maximum Gasteiger partial charge on any atom is 0.321 e. The molecule has 0 aliphatic carbocycles. The van der Waals surface area contributed by atoms with Crippen molar-refractivity contribution < 1.29 is 4.79 Å². The molecule has 0 saturated carbocycles. The molecule has 1 aliphatic rings. The largest absolute Gasteiger partial charge is 0.331 e. The summed E-state index contributed by atoms with van der Waals surface area (Å²) in [5, 5.41) is 23.0. The zero-order valence-electron chi connectivity index (χ0n) is 14.1. The van der Waals surface area contributed by atoms with E-state index in [1.54, 1.807) is 6.20 Å². The quantitative estimate of drug-likeness (QED) is 0.729. The second kappa shape index (κ2) is 7.56. The van der Waals surface area contributed by atoms with Crippen LogP contribution in [0.2, 0.25) is 0 Å². The normalized spacial score (nSPS) is 13.7. The first kappa shape index (κ1) is 16.6. The van der Waals surface area contributed by atoms with Crippen LogP contribution < -0.4 is 10.6 Å². The summed E-state index contributed by atoms with van der Waals surface area (Å²) in [5.41, 5.74) is 0.726. The average molecular weight is 370 g/mol. The molecule has 4 rings (SSSR count). The summed E-state index contributed by atoms with van der Waals surface area (Å²) in [6.45, 7) is 1.23. The second-order valence-corrected chi connectivity index (χ2v) is 6.91. The fraction of sp³-hybridized carbons (Fsp3) is 0.375. The number of anilines is 1. The van der Waals surface area contributed by atoms with Crippen molar-refractivity contribution in [2.75, 3.05) is 5.32 Å². The van der Waals surface area contributed by atoms with Gasteiger partial charge in [-0.15, -0.1) is 20.4 Å². The van der Waals surface area contributed by atoms with Crippen molar-refractivity contribution in [1.29, 1.82) is 0 Å². The lowest BCUT2D eigenvalue weighted by Crippen LogP contribution is -2.29. The van der Waals surface area contributed by atoms with Crippen molar-refractivity contribution in [1.82, 2.24) is 35.3 Å². The minimum Gasteiger partial charge on any atom is -0.331 e. The van der Waals surface area contributed by atoms with Gasteiger partial charge in [0.05, 0.1) is 6.54 Å². The number of urea groups is 1. The maximum atomic E-state index is 12.1. The van der Waals surface area contributed by atoms with Gasteiger partial charge in [-0.2, -0.15) is 0 Å². The molecule has 9 nitrogen and oxygen atoms in total. The minimum absolute atomic E-state index is 0.324. The molecule has 26 heavy (non-hydrogen) atoms. The molecular formula is C16H18N8OS. The first-order valence-corrected chi connectivity index (χ1v) is 9.32. The first-order valence-electron chi connectivity index (χ1n) is 8.50. The molecule has 0 saturated heterocycles. The highest BCUT2D eigenvalue weighted by molar-refractivity contribution is 7.18.